The maximum absolute atomic E-state index is 14.5. The van der Waals surface area contributed by atoms with Crippen molar-refractivity contribution in [3.8, 4) is 0 Å². The number of amidine groups is 1. The number of carbonyl (C=O) groups excluding carboxylic acids is 1. The largest absolute Gasteiger partial charge is 0.449 e. The topological polar surface area (TPSA) is 59.9 Å². The molecule has 0 saturated heterocycles. The smallest absolute Gasteiger partial charge is 0.428 e. The van der Waals surface area contributed by atoms with Crippen LogP contribution in [0.5, 0.6) is 0 Å². The number of aliphatic imine (C=N–C) groups is 1. The van der Waals surface area contributed by atoms with Crippen LogP contribution in [0, 0.1) is 5.82 Å². The molecule has 2 aromatic carbocycles. The van der Waals surface area contributed by atoms with Gasteiger partial charge in [-0.15, -0.1) is 0 Å². The average Bonchev–Trinajstić information content (AvgIpc) is 2.67. The third-order valence-corrected chi connectivity index (χ3v) is 4.65. The summed E-state index contributed by atoms with van der Waals surface area (Å²) in [5.74, 6) is -1.46. The van der Waals surface area contributed by atoms with E-state index in [-0.39, 0.29) is 11.1 Å². The molecule has 1 aliphatic rings. The Labute approximate surface area is 164 Å². The van der Waals surface area contributed by atoms with Gasteiger partial charge in [0, 0.05) is 18.2 Å². The van der Waals surface area contributed by atoms with Crippen LogP contribution in [0.3, 0.4) is 0 Å². The van der Waals surface area contributed by atoms with Gasteiger partial charge in [-0.05, 0) is 25.1 Å². The molecule has 5 nitrogen and oxygen atoms in total. The molecule has 0 bridgehead atoms. The predicted octanol–water partition coefficient (Wildman–Crippen LogP) is 3.80. The van der Waals surface area contributed by atoms with Crippen molar-refractivity contribution in [1.29, 1.82) is 0 Å². The summed E-state index contributed by atoms with van der Waals surface area (Å²) in [6.07, 6.45) is -9.01. The van der Waals surface area contributed by atoms with Crippen molar-refractivity contribution in [2.45, 2.75) is 30.8 Å². The van der Waals surface area contributed by atoms with Crippen molar-refractivity contribution in [2.24, 2.45) is 4.99 Å². The van der Waals surface area contributed by atoms with Gasteiger partial charge in [-0.3, -0.25) is 10.1 Å². The van der Waals surface area contributed by atoms with Crippen molar-refractivity contribution in [1.82, 2.24) is 5.32 Å². The lowest BCUT2D eigenvalue weighted by Crippen LogP contribution is -2.59. The Hall–Kier alpha value is -2.94. The molecule has 1 heterocycles. The van der Waals surface area contributed by atoms with Crippen molar-refractivity contribution in [3.63, 3.8) is 0 Å². The first kappa shape index (κ1) is 20.8. The zero-order valence-electron chi connectivity index (χ0n) is 15.5. The Bertz CT molecular complexity index is 917. The van der Waals surface area contributed by atoms with Gasteiger partial charge in [0.25, 0.3) is 11.9 Å². The minimum absolute atomic E-state index is 0.115. The first-order chi connectivity index (χ1) is 13.7. The second-order valence-electron chi connectivity index (χ2n) is 6.60. The van der Waals surface area contributed by atoms with Gasteiger partial charge in [-0.25, -0.2) is 9.38 Å². The molecule has 3 atom stereocenters. The number of nitrogens with one attached hydrogen (secondary N) is 1. The van der Waals surface area contributed by atoms with Gasteiger partial charge >= 0.3 is 6.18 Å². The van der Waals surface area contributed by atoms with Crippen LogP contribution in [0.2, 0.25) is 0 Å². The average molecular weight is 410 g/mol. The molecule has 1 amide bonds. The molecule has 9 heteroatoms. The summed E-state index contributed by atoms with van der Waals surface area (Å²) in [6.45, 7) is 1.30. The van der Waals surface area contributed by atoms with Crippen molar-refractivity contribution >= 4 is 11.9 Å². The Morgan fingerprint density at radius 3 is 2.34 bits per heavy atom. The molecule has 0 saturated carbocycles. The fraction of sp³-hybridized carbons (Fsp3) is 0.300. The highest BCUT2D eigenvalue weighted by Crippen LogP contribution is 2.42. The van der Waals surface area contributed by atoms with Crippen LogP contribution in [0.1, 0.15) is 22.8 Å². The van der Waals surface area contributed by atoms with Gasteiger partial charge < -0.3 is 9.47 Å². The Morgan fingerprint density at radius 1 is 1.14 bits per heavy atom. The van der Waals surface area contributed by atoms with E-state index in [9.17, 15) is 22.4 Å². The predicted molar refractivity (Wildman–Crippen MR) is 96.8 cm³/mol. The zero-order chi connectivity index (χ0) is 21.2. The lowest BCUT2D eigenvalue weighted by atomic mass is 9.82. The molecule has 3 rings (SSSR count). The molecule has 0 fully saturated rings. The van der Waals surface area contributed by atoms with E-state index < -0.39 is 41.7 Å². The summed E-state index contributed by atoms with van der Waals surface area (Å²) in [7, 11) is 1.06. The highest BCUT2D eigenvalue weighted by molar-refractivity contribution is 6.04. The minimum atomic E-state index is -4.86. The van der Waals surface area contributed by atoms with Gasteiger partial charge in [0.15, 0.2) is 0 Å². The molecular weight excluding hydrogens is 392 g/mol. The molecule has 1 N–H and O–H groups in total. The first-order valence-electron chi connectivity index (χ1n) is 8.64. The lowest BCUT2D eigenvalue weighted by Gasteiger charge is -2.42. The van der Waals surface area contributed by atoms with E-state index in [0.29, 0.717) is 0 Å². The lowest BCUT2D eigenvalue weighted by molar-refractivity contribution is -0.243. The quantitative estimate of drug-likeness (QED) is 0.783. The van der Waals surface area contributed by atoms with Crippen LogP contribution in [-0.2, 0) is 15.0 Å². The van der Waals surface area contributed by atoms with Gasteiger partial charge in [0.1, 0.15) is 17.5 Å². The number of hydrogen-bond acceptors (Lipinski definition) is 4. The van der Waals surface area contributed by atoms with Gasteiger partial charge in [0.05, 0.1) is 0 Å². The fourth-order valence-corrected chi connectivity index (χ4v) is 3.27. The highest BCUT2D eigenvalue weighted by Gasteiger charge is 2.58. The Balaban J connectivity index is 2.07. The fourth-order valence-electron chi connectivity index (χ4n) is 3.27. The zero-order valence-corrected chi connectivity index (χ0v) is 15.5. The second kappa shape index (κ2) is 7.82. The Kier molecular flexibility index (Phi) is 5.61. The highest BCUT2D eigenvalue weighted by atomic mass is 19.4. The van der Waals surface area contributed by atoms with Gasteiger partial charge in [-0.2, -0.15) is 13.2 Å². The van der Waals surface area contributed by atoms with E-state index >= 15 is 0 Å². The summed E-state index contributed by atoms with van der Waals surface area (Å²) < 4.78 is 65.6. The maximum atomic E-state index is 14.5. The second-order valence-corrected chi connectivity index (χ2v) is 6.60. The SMILES string of the molecule is CO[C@H]1[C@@H](C(F)(F)F)OC(NC(=O)c2ccccc2)=N[C@]1(C)c1ccccc1F. The molecule has 2 aromatic rings. The molecule has 154 valence electrons. The molecule has 0 aromatic heterocycles. The van der Waals surface area contributed by atoms with E-state index in [1.165, 1.54) is 37.3 Å². The van der Waals surface area contributed by atoms with Gasteiger partial charge in [-0.1, -0.05) is 36.4 Å². The summed E-state index contributed by atoms with van der Waals surface area (Å²) in [6, 6.07) is 12.5. The summed E-state index contributed by atoms with van der Waals surface area (Å²) in [5, 5.41) is 2.24. The number of ether oxygens (including phenoxy) is 2. The van der Waals surface area contributed by atoms with Crippen LogP contribution in [-0.4, -0.2) is 37.4 Å². The number of hydrogen-bond donors (Lipinski definition) is 1. The standard InChI is InChI=1S/C20H18F4N2O3/c1-19(13-10-6-7-11-14(13)21)15(28-2)16(20(22,23)24)29-18(26-19)25-17(27)12-8-4-3-5-9-12/h3-11,15-16H,1-2H3,(H,25,26,27)/t15-,16-,19+/m0/s1. The van der Waals surface area contributed by atoms with Crippen LogP contribution >= 0.6 is 0 Å². The summed E-state index contributed by atoms with van der Waals surface area (Å²) >= 11 is 0. The van der Waals surface area contributed by atoms with Crippen molar-refractivity contribution in [2.75, 3.05) is 7.11 Å². The first-order valence-corrected chi connectivity index (χ1v) is 8.64. The van der Waals surface area contributed by atoms with E-state index in [0.717, 1.165) is 13.2 Å². The Morgan fingerprint density at radius 2 is 1.76 bits per heavy atom. The molecule has 0 unspecified atom stereocenters. The number of carbonyl (C=O) groups is 1. The molecule has 1 aliphatic heterocycles. The van der Waals surface area contributed by atoms with Crippen molar-refractivity contribution in [3.05, 3.63) is 71.5 Å². The third-order valence-electron chi connectivity index (χ3n) is 4.65. The number of amides is 1. The van der Waals surface area contributed by atoms with E-state index in [4.69, 9.17) is 9.47 Å². The number of methoxy groups -OCH3 is 1. The molecule has 0 spiro atoms. The number of nitrogens with zero attached hydrogens (tertiary/aromatic N) is 1. The van der Waals surface area contributed by atoms with Crippen LogP contribution in [0.25, 0.3) is 0 Å². The number of rotatable bonds is 3. The summed E-state index contributed by atoms with van der Waals surface area (Å²) in [4.78, 5) is 16.5. The molecule has 0 aliphatic carbocycles. The summed E-state index contributed by atoms with van der Waals surface area (Å²) in [5.41, 5.74) is -1.72. The van der Waals surface area contributed by atoms with E-state index in [1.807, 2.05) is 0 Å². The third kappa shape index (κ3) is 4.09. The minimum Gasteiger partial charge on any atom is -0.449 e. The molecule has 29 heavy (non-hydrogen) atoms. The van der Waals surface area contributed by atoms with Crippen LogP contribution in [0.15, 0.2) is 59.6 Å². The van der Waals surface area contributed by atoms with Gasteiger partial charge in [0.2, 0.25) is 6.10 Å². The molecular formula is C20H18F4N2O3. The molecule has 0 radical (unpaired) electrons. The van der Waals surface area contributed by atoms with Crippen LogP contribution in [0.4, 0.5) is 17.6 Å². The normalized spacial score (nSPS) is 24.4. The monoisotopic (exact) mass is 410 g/mol. The van der Waals surface area contributed by atoms with E-state index in [2.05, 4.69) is 10.3 Å². The maximum Gasteiger partial charge on any atom is 0.428 e. The number of benzene rings is 2. The number of alkyl halides is 3. The van der Waals surface area contributed by atoms with Crippen molar-refractivity contribution < 1.29 is 31.8 Å². The van der Waals surface area contributed by atoms with Crippen LogP contribution < -0.4 is 5.32 Å². The van der Waals surface area contributed by atoms with E-state index in [1.54, 1.807) is 18.2 Å². The number of halogens is 4.